The van der Waals surface area contributed by atoms with Crippen LogP contribution in [0.3, 0.4) is 0 Å². The number of carbonyl (C=O) groups is 1. The largest absolute Gasteiger partial charge is 0.383 e. The van der Waals surface area contributed by atoms with Gasteiger partial charge in [0.05, 0.1) is 17.9 Å². The fourth-order valence-electron chi connectivity index (χ4n) is 1.66. The number of rotatable bonds is 9. The molecule has 0 saturated carbocycles. The minimum Gasteiger partial charge on any atom is -0.383 e. The van der Waals surface area contributed by atoms with E-state index in [1.807, 2.05) is 14.1 Å². The van der Waals surface area contributed by atoms with Crippen LogP contribution in [0.4, 0.5) is 5.69 Å². The Bertz CT molecular complexity index is 410. The third kappa shape index (κ3) is 6.49. The molecule has 0 fully saturated rings. The number of pyridine rings is 1. The number of aromatic nitrogens is 1. The van der Waals surface area contributed by atoms with Crippen molar-refractivity contribution in [2.45, 2.75) is 6.42 Å². The molecule has 1 amide bonds. The van der Waals surface area contributed by atoms with Crippen LogP contribution >= 0.6 is 0 Å². The zero-order valence-corrected chi connectivity index (χ0v) is 12.5. The molecule has 0 atom stereocenters. The number of nitrogens with zero attached hydrogens (tertiary/aromatic N) is 2. The third-order valence-electron chi connectivity index (χ3n) is 2.70. The smallest absolute Gasteiger partial charge is 0.252 e. The molecule has 0 saturated heterocycles. The second-order valence-corrected chi connectivity index (χ2v) is 4.79. The molecule has 1 heterocycles. The summed E-state index contributed by atoms with van der Waals surface area (Å²) >= 11 is 0. The normalized spacial score (nSPS) is 10.6. The van der Waals surface area contributed by atoms with E-state index in [1.54, 1.807) is 25.6 Å². The number of hydrogen-bond donors (Lipinski definition) is 2. The first-order chi connectivity index (χ1) is 9.63. The van der Waals surface area contributed by atoms with Crippen molar-refractivity contribution < 1.29 is 9.53 Å². The average Bonchev–Trinajstić information content (AvgIpc) is 2.44. The van der Waals surface area contributed by atoms with Crippen LogP contribution in [0.1, 0.15) is 16.8 Å². The molecule has 0 unspecified atom stereocenters. The van der Waals surface area contributed by atoms with E-state index in [-0.39, 0.29) is 5.91 Å². The van der Waals surface area contributed by atoms with Crippen molar-refractivity contribution in [1.82, 2.24) is 15.2 Å². The lowest BCUT2D eigenvalue weighted by Crippen LogP contribution is -2.27. The number of hydrogen-bond acceptors (Lipinski definition) is 5. The molecule has 0 aliphatic rings. The number of methoxy groups -OCH3 is 1. The number of carbonyl (C=O) groups excluding carboxylic acids is 1. The number of nitrogens with one attached hydrogen (secondary N) is 2. The predicted octanol–water partition coefficient (Wildman–Crippen LogP) is 0.821. The van der Waals surface area contributed by atoms with Gasteiger partial charge >= 0.3 is 0 Å². The molecule has 0 spiro atoms. The summed E-state index contributed by atoms with van der Waals surface area (Å²) < 4.78 is 4.96. The third-order valence-corrected chi connectivity index (χ3v) is 2.70. The van der Waals surface area contributed by atoms with Crippen LogP contribution in [0, 0.1) is 0 Å². The van der Waals surface area contributed by atoms with E-state index in [2.05, 4.69) is 20.5 Å². The molecular weight excluding hydrogens is 256 g/mol. The fraction of sp³-hybridized carbons (Fsp3) is 0.571. The topological polar surface area (TPSA) is 66.5 Å². The molecule has 6 heteroatoms. The Morgan fingerprint density at radius 2 is 2.15 bits per heavy atom. The summed E-state index contributed by atoms with van der Waals surface area (Å²) in [5.74, 6) is -0.0911. The van der Waals surface area contributed by atoms with Gasteiger partial charge in [-0.2, -0.15) is 0 Å². The quantitative estimate of drug-likeness (QED) is 0.656. The Balaban J connectivity index is 2.41. The minimum absolute atomic E-state index is 0.0911. The maximum atomic E-state index is 12.0. The summed E-state index contributed by atoms with van der Waals surface area (Å²) in [4.78, 5) is 18.1. The van der Waals surface area contributed by atoms with E-state index in [9.17, 15) is 4.79 Å². The van der Waals surface area contributed by atoms with Crippen molar-refractivity contribution in [3.63, 3.8) is 0 Å². The van der Waals surface area contributed by atoms with Crippen LogP contribution < -0.4 is 10.6 Å². The van der Waals surface area contributed by atoms with Crippen LogP contribution in [0.25, 0.3) is 0 Å². The highest BCUT2D eigenvalue weighted by atomic mass is 16.5. The molecule has 0 aliphatic heterocycles. The summed E-state index contributed by atoms with van der Waals surface area (Å²) in [5, 5.41) is 6.04. The van der Waals surface area contributed by atoms with Crippen LogP contribution in [0.2, 0.25) is 0 Å². The van der Waals surface area contributed by atoms with Gasteiger partial charge in [-0.3, -0.25) is 9.78 Å². The van der Waals surface area contributed by atoms with Gasteiger partial charge in [-0.25, -0.2) is 0 Å². The number of anilines is 1. The van der Waals surface area contributed by atoms with Gasteiger partial charge < -0.3 is 20.3 Å². The van der Waals surface area contributed by atoms with E-state index < -0.39 is 0 Å². The standard InChI is InChI=1S/C14H24N4O2/c1-18(2)7-4-5-17-14(19)12-9-13(11-15-10-12)16-6-8-20-3/h9-11,16H,4-8H2,1-3H3,(H,17,19). The summed E-state index contributed by atoms with van der Waals surface area (Å²) in [7, 11) is 5.68. The Hall–Kier alpha value is -1.66. The van der Waals surface area contributed by atoms with Gasteiger partial charge in [0.2, 0.25) is 0 Å². The van der Waals surface area contributed by atoms with Crippen molar-refractivity contribution in [3.8, 4) is 0 Å². The first-order valence-corrected chi connectivity index (χ1v) is 6.74. The van der Waals surface area contributed by atoms with Gasteiger partial charge in [-0.1, -0.05) is 0 Å². The highest BCUT2D eigenvalue weighted by Crippen LogP contribution is 2.07. The van der Waals surface area contributed by atoms with Gasteiger partial charge in [-0.15, -0.1) is 0 Å². The van der Waals surface area contributed by atoms with Gasteiger partial charge in [0, 0.05) is 32.6 Å². The minimum atomic E-state index is -0.0911. The maximum Gasteiger partial charge on any atom is 0.252 e. The van der Waals surface area contributed by atoms with Crippen LogP contribution in [0.5, 0.6) is 0 Å². The van der Waals surface area contributed by atoms with Crippen molar-refractivity contribution >= 4 is 11.6 Å². The molecule has 0 aromatic carbocycles. The predicted molar refractivity (Wildman–Crippen MR) is 80.1 cm³/mol. The molecule has 1 aromatic rings. The van der Waals surface area contributed by atoms with Gasteiger partial charge in [0.15, 0.2) is 0 Å². The average molecular weight is 280 g/mol. The summed E-state index contributed by atoms with van der Waals surface area (Å²) in [6.45, 7) is 2.92. The van der Waals surface area contributed by atoms with Crippen molar-refractivity contribution in [2.24, 2.45) is 0 Å². The van der Waals surface area contributed by atoms with Crippen LogP contribution in [-0.4, -0.2) is 63.2 Å². The molecule has 1 rings (SSSR count). The molecule has 1 aromatic heterocycles. The molecule has 6 nitrogen and oxygen atoms in total. The monoisotopic (exact) mass is 280 g/mol. The summed E-state index contributed by atoms with van der Waals surface area (Å²) in [6.07, 6.45) is 4.19. The lowest BCUT2D eigenvalue weighted by molar-refractivity contribution is 0.0952. The fourth-order valence-corrected chi connectivity index (χ4v) is 1.66. The zero-order chi connectivity index (χ0) is 14.8. The zero-order valence-electron chi connectivity index (χ0n) is 12.5. The molecule has 0 aliphatic carbocycles. The first-order valence-electron chi connectivity index (χ1n) is 6.74. The number of amides is 1. The maximum absolute atomic E-state index is 12.0. The number of ether oxygens (including phenoxy) is 1. The van der Waals surface area contributed by atoms with E-state index in [4.69, 9.17) is 4.74 Å². The van der Waals surface area contributed by atoms with Crippen molar-refractivity contribution in [1.29, 1.82) is 0 Å². The molecule has 0 radical (unpaired) electrons. The van der Waals surface area contributed by atoms with Gasteiger partial charge in [-0.05, 0) is 33.1 Å². The first kappa shape index (κ1) is 16.4. The van der Waals surface area contributed by atoms with Gasteiger partial charge in [0.1, 0.15) is 0 Å². The molecular formula is C14H24N4O2. The molecule has 20 heavy (non-hydrogen) atoms. The van der Waals surface area contributed by atoms with Crippen LogP contribution in [-0.2, 0) is 4.74 Å². The SMILES string of the molecule is COCCNc1cncc(C(=O)NCCCN(C)C)c1. The van der Waals surface area contributed by atoms with E-state index in [0.29, 0.717) is 25.3 Å². The van der Waals surface area contributed by atoms with Crippen LogP contribution in [0.15, 0.2) is 18.5 Å². The summed E-state index contributed by atoms with van der Waals surface area (Å²) in [6, 6.07) is 1.80. The molecule has 112 valence electrons. The van der Waals surface area contributed by atoms with Crippen molar-refractivity contribution in [2.75, 3.05) is 52.8 Å². The Morgan fingerprint density at radius 1 is 1.35 bits per heavy atom. The van der Waals surface area contributed by atoms with E-state index in [1.165, 1.54) is 0 Å². The lowest BCUT2D eigenvalue weighted by Gasteiger charge is -2.10. The lowest BCUT2D eigenvalue weighted by atomic mass is 10.2. The van der Waals surface area contributed by atoms with E-state index >= 15 is 0 Å². The Labute approximate surface area is 120 Å². The van der Waals surface area contributed by atoms with E-state index in [0.717, 1.165) is 18.7 Å². The molecule has 0 bridgehead atoms. The van der Waals surface area contributed by atoms with Gasteiger partial charge in [0.25, 0.3) is 5.91 Å². The van der Waals surface area contributed by atoms with Crippen molar-refractivity contribution in [3.05, 3.63) is 24.0 Å². The molecule has 2 N–H and O–H groups in total. The second-order valence-electron chi connectivity index (χ2n) is 4.79. The summed E-state index contributed by atoms with van der Waals surface area (Å²) in [5.41, 5.74) is 1.39. The highest BCUT2D eigenvalue weighted by Gasteiger charge is 2.06. The Kier molecular flexibility index (Phi) is 7.60. The highest BCUT2D eigenvalue weighted by molar-refractivity contribution is 5.94. The Morgan fingerprint density at radius 3 is 2.85 bits per heavy atom. The second kappa shape index (κ2) is 9.28.